The standard InChI is InChI=1S/C12H15N3O2/c1-8-9(2)17-12(15-8)7-14-10-4-5-13-11(6-10)16-3/h4-6H,7H2,1-3H3,(H,13,14). The van der Waals surface area contributed by atoms with Gasteiger partial charge in [-0.05, 0) is 19.9 Å². The van der Waals surface area contributed by atoms with E-state index in [1.165, 1.54) is 0 Å². The fraction of sp³-hybridized carbons (Fsp3) is 0.333. The summed E-state index contributed by atoms with van der Waals surface area (Å²) in [5.74, 6) is 2.11. The third-order valence-electron chi connectivity index (χ3n) is 2.46. The van der Waals surface area contributed by atoms with Crippen LogP contribution in [-0.2, 0) is 6.54 Å². The number of aryl methyl sites for hydroxylation is 2. The Morgan fingerprint density at radius 3 is 2.88 bits per heavy atom. The Labute approximate surface area is 99.8 Å². The average molecular weight is 233 g/mol. The van der Waals surface area contributed by atoms with Crippen LogP contribution < -0.4 is 10.1 Å². The molecule has 1 N–H and O–H groups in total. The minimum atomic E-state index is 0.543. The SMILES string of the molecule is COc1cc(NCc2nc(C)c(C)o2)ccn1. The van der Waals surface area contributed by atoms with Gasteiger partial charge in [-0.25, -0.2) is 9.97 Å². The molecule has 0 amide bonds. The number of hydrogen-bond acceptors (Lipinski definition) is 5. The van der Waals surface area contributed by atoms with Gasteiger partial charge in [-0.1, -0.05) is 0 Å². The molecule has 0 unspecified atom stereocenters. The first kappa shape index (κ1) is 11.4. The van der Waals surface area contributed by atoms with Crippen LogP contribution in [0.15, 0.2) is 22.7 Å². The zero-order valence-corrected chi connectivity index (χ0v) is 10.2. The van der Waals surface area contributed by atoms with Crippen molar-refractivity contribution in [3.05, 3.63) is 35.7 Å². The first-order chi connectivity index (χ1) is 8.19. The zero-order chi connectivity index (χ0) is 12.3. The van der Waals surface area contributed by atoms with E-state index in [2.05, 4.69) is 15.3 Å². The van der Waals surface area contributed by atoms with Crippen LogP contribution in [-0.4, -0.2) is 17.1 Å². The molecule has 0 aliphatic carbocycles. The lowest BCUT2D eigenvalue weighted by Gasteiger charge is -2.04. The van der Waals surface area contributed by atoms with Crippen LogP contribution in [0.4, 0.5) is 5.69 Å². The quantitative estimate of drug-likeness (QED) is 0.878. The smallest absolute Gasteiger partial charge is 0.214 e. The van der Waals surface area contributed by atoms with Crippen LogP contribution in [0.1, 0.15) is 17.3 Å². The fourth-order valence-electron chi connectivity index (χ4n) is 1.42. The second-order valence-corrected chi connectivity index (χ2v) is 3.69. The number of aromatic nitrogens is 2. The molecular weight excluding hydrogens is 218 g/mol. The van der Waals surface area contributed by atoms with Crippen molar-refractivity contribution in [3.8, 4) is 5.88 Å². The molecule has 0 atom stereocenters. The van der Waals surface area contributed by atoms with E-state index in [0.717, 1.165) is 17.1 Å². The number of nitrogens with zero attached hydrogens (tertiary/aromatic N) is 2. The topological polar surface area (TPSA) is 60.2 Å². The molecule has 5 heteroatoms. The van der Waals surface area contributed by atoms with Gasteiger partial charge in [-0.3, -0.25) is 0 Å². The number of ether oxygens (including phenoxy) is 1. The first-order valence-corrected chi connectivity index (χ1v) is 5.36. The molecule has 0 saturated heterocycles. The summed E-state index contributed by atoms with van der Waals surface area (Å²) in [6.45, 7) is 4.38. The highest BCUT2D eigenvalue weighted by Gasteiger charge is 2.05. The maximum Gasteiger partial charge on any atom is 0.214 e. The van der Waals surface area contributed by atoms with E-state index in [-0.39, 0.29) is 0 Å². The van der Waals surface area contributed by atoms with Crippen molar-refractivity contribution in [3.63, 3.8) is 0 Å². The Morgan fingerprint density at radius 2 is 2.24 bits per heavy atom. The third kappa shape index (κ3) is 2.75. The first-order valence-electron chi connectivity index (χ1n) is 5.36. The molecule has 17 heavy (non-hydrogen) atoms. The minimum Gasteiger partial charge on any atom is -0.481 e. The highest BCUT2D eigenvalue weighted by atomic mass is 16.5. The van der Waals surface area contributed by atoms with E-state index in [1.807, 2.05) is 26.0 Å². The predicted molar refractivity (Wildman–Crippen MR) is 64.1 cm³/mol. The lowest BCUT2D eigenvalue weighted by molar-refractivity contribution is 0.398. The van der Waals surface area contributed by atoms with E-state index in [1.54, 1.807) is 13.3 Å². The second kappa shape index (κ2) is 4.86. The van der Waals surface area contributed by atoms with Crippen molar-refractivity contribution in [2.75, 3.05) is 12.4 Å². The minimum absolute atomic E-state index is 0.543. The molecule has 0 spiro atoms. The van der Waals surface area contributed by atoms with Gasteiger partial charge in [0, 0.05) is 18.0 Å². The molecule has 90 valence electrons. The number of pyridine rings is 1. The molecule has 2 aromatic rings. The molecule has 0 radical (unpaired) electrons. The molecular formula is C12H15N3O2. The molecule has 0 saturated carbocycles. The summed E-state index contributed by atoms with van der Waals surface area (Å²) in [4.78, 5) is 8.32. The average Bonchev–Trinajstić information content (AvgIpc) is 2.67. The summed E-state index contributed by atoms with van der Waals surface area (Å²) in [6, 6.07) is 3.69. The van der Waals surface area contributed by atoms with E-state index in [0.29, 0.717) is 18.3 Å². The Balaban J connectivity index is 2.01. The maximum absolute atomic E-state index is 5.47. The van der Waals surface area contributed by atoms with E-state index < -0.39 is 0 Å². The van der Waals surface area contributed by atoms with Crippen molar-refractivity contribution in [1.82, 2.24) is 9.97 Å². The summed E-state index contributed by atoms with van der Waals surface area (Å²) in [5, 5.41) is 3.20. The van der Waals surface area contributed by atoms with E-state index in [9.17, 15) is 0 Å². The van der Waals surface area contributed by atoms with Gasteiger partial charge in [-0.15, -0.1) is 0 Å². The molecule has 0 aliphatic rings. The van der Waals surface area contributed by atoms with Crippen LogP contribution >= 0.6 is 0 Å². The number of nitrogens with one attached hydrogen (secondary N) is 1. The molecule has 5 nitrogen and oxygen atoms in total. The van der Waals surface area contributed by atoms with Gasteiger partial charge in [0.1, 0.15) is 5.76 Å². The Bertz CT molecular complexity index is 489. The van der Waals surface area contributed by atoms with Gasteiger partial charge in [0.2, 0.25) is 11.8 Å². The Kier molecular flexibility index (Phi) is 3.27. The van der Waals surface area contributed by atoms with Crippen LogP contribution in [0.5, 0.6) is 5.88 Å². The molecule has 0 bridgehead atoms. The van der Waals surface area contributed by atoms with Crippen molar-refractivity contribution in [2.24, 2.45) is 0 Å². The third-order valence-corrected chi connectivity index (χ3v) is 2.46. The van der Waals surface area contributed by atoms with Crippen molar-refractivity contribution in [2.45, 2.75) is 20.4 Å². The summed E-state index contributed by atoms with van der Waals surface area (Å²) in [7, 11) is 1.59. The number of anilines is 1. The van der Waals surface area contributed by atoms with Crippen molar-refractivity contribution >= 4 is 5.69 Å². The maximum atomic E-state index is 5.47. The van der Waals surface area contributed by atoms with Crippen molar-refractivity contribution in [1.29, 1.82) is 0 Å². The van der Waals surface area contributed by atoms with Gasteiger partial charge in [-0.2, -0.15) is 0 Å². The lowest BCUT2D eigenvalue weighted by Crippen LogP contribution is -2.00. The molecule has 2 heterocycles. The molecule has 2 aromatic heterocycles. The van der Waals surface area contributed by atoms with Gasteiger partial charge in [0.15, 0.2) is 0 Å². The van der Waals surface area contributed by atoms with E-state index in [4.69, 9.17) is 9.15 Å². The number of methoxy groups -OCH3 is 1. The monoisotopic (exact) mass is 233 g/mol. The molecule has 0 fully saturated rings. The van der Waals surface area contributed by atoms with Crippen LogP contribution in [0, 0.1) is 13.8 Å². The largest absolute Gasteiger partial charge is 0.481 e. The lowest BCUT2D eigenvalue weighted by atomic mass is 10.4. The highest BCUT2D eigenvalue weighted by Crippen LogP contribution is 2.15. The van der Waals surface area contributed by atoms with Crippen LogP contribution in [0.25, 0.3) is 0 Å². The second-order valence-electron chi connectivity index (χ2n) is 3.69. The summed E-state index contributed by atoms with van der Waals surface area (Å²) < 4.78 is 10.5. The fourth-order valence-corrected chi connectivity index (χ4v) is 1.42. The summed E-state index contributed by atoms with van der Waals surface area (Å²) in [5.41, 5.74) is 1.85. The number of hydrogen-bond donors (Lipinski definition) is 1. The predicted octanol–water partition coefficient (Wildman–Crippen LogP) is 2.31. The zero-order valence-electron chi connectivity index (χ0n) is 10.2. The highest BCUT2D eigenvalue weighted by molar-refractivity contribution is 5.44. The van der Waals surface area contributed by atoms with Crippen molar-refractivity contribution < 1.29 is 9.15 Å². The van der Waals surface area contributed by atoms with Gasteiger partial charge < -0.3 is 14.5 Å². The van der Waals surface area contributed by atoms with Gasteiger partial charge in [0.05, 0.1) is 19.3 Å². The molecule has 2 rings (SSSR count). The summed E-state index contributed by atoms with van der Waals surface area (Å²) >= 11 is 0. The summed E-state index contributed by atoms with van der Waals surface area (Å²) in [6.07, 6.45) is 1.69. The normalized spacial score (nSPS) is 10.3. The van der Waals surface area contributed by atoms with Crippen LogP contribution in [0.3, 0.4) is 0 Å². The number of oxazole rings is 1. The number of rotatable bonds is 4. The Morgan fingerprint density at radius 1 is 1.41 bits per heavy atom. The molecule has 0 aromatic carbocycles. The van der Waals surface area contributed by atoms with Gasteiger partial charge in [0.25, 0.3) is 0 Å². The Hall–Kier alpha value is -2.04. The van der Waals surface area contributed by atoms with E-state index >= 15 is 0 Å². The van der Waals surface area contributed by atoms with Gasteiger partial charge >= 0.3 is 0 Å². The molecule has 0 aliphatic heterocycles. The van der Waals surface area contributed by atoms with Crippen LogP contribution in [0.2, 0.25) is 0 Å².